The Morgan fingerprint density at radius 2 is 1.89 bits per heavy atom. The molecule has 0 radical (unpaired) electrons. The highest BCUT2D eigenvalue weighted by Gasteiger charge is 2.40. The molecule has 2 aliphatic heterocycles. The second-order valence-electron chi connectivity index (χ2n) is 4.07. The lowest BCUT2D eigenvalue weighted by atomic mass is 10.3. The van der Waals surface area contributed by atoms with Gasteiger partial charge in [0.05, 0.1) is 18.6 Å². The predicted octanol–water partition coefficient (Wildman–Crippen LogP) is 0.260. The Morgan fingerprint density at radius 3 is 2.68 bits per heavy atom. The van der Waals surface area contributed by atoms with E-state index in [1.54, 1.807) is 34.3 Å². The van der Waals surface area contributed by atoms with E-state index in [2.05, 4.69) is 25.6 Å². The first-order valence-corrected chi connectivity index (χ1v) is 5.69. The lowest BCUT2D eigenvalue weighted by Crippen LogP contribution is -2.52. The van der Waals surface area contributed by atoms with Crippen molar-refractivity contribution in [1.29, 1.82) is 0 Å². The molecule has 2 aromatic heterocycles. The number of fused-ring (bicyclic) bond motifs is 1. The van der Waals surface area contributed by atoms with Crippen molar-refractivity contribution < 1.29 is 0 Å². The van der Waals surface area contributed by atoms with Gasteiger partial charge < -0.3 is 0 Å². The first kappa shape index (κ1) is 10.1. The molecule has 1 atom stereocenters. The van der Waals surface area contributed by atoms with Crippen molar-refractivity contribution in [3.8, 4) is 0 Å². The van der Waals surface area contributed by atoms with E-state index < -0.39 is 0 Å². The lowest BCUT2D eigenvalue weighted by molar-refractivity contribution is 0.365. The number of hydrogen-bond acceptors (Lipinski definition) is 5. The van der Waals surface area contributed by atoms with E-state index in [4.69, 9.17) is 0 Å². The lowest BCUT2D eigenvalue weighted by Gasteiger charge is -2.25. The standard InChI is InChI=1S/C11H9N8/c1-2-8-19(18-7-5-13-16-18)9-10(14-11(19)3-1)17-6-4-12-15-17/h1-9H/q+1. The Balaban J connectivity index is 1.91. The van der Waals surface area contributed by atoms with Crippen molar-refractivity contribution in [1.82, 2.24) is 34.7 Å². The summed E-state index contributed by atoms with van der Waals surface area (Å²) in [7, 11) is 0. The van der Waals surface area contributed by atoms with Crippen LogP contribution in [-0.2, 0) is 0 Å². The van der Waals surface area contributed by atoms with Crippen LogP contribution >= 0.6 is 0 Å². The molecule has 4 heterocycles. The fraction of sp³-hybridized carbons (Fsp3) is 0. The van der Waals surface area contributed by atoms with Crippen LogP contribution in [0, 0.1) is 0 Å². The molecule has 19 heavy (non-hydrogen) atoms. The maximum atomic E-state index is 4.56. The van der Waals surface area contributed by atoms with Crippen LogP contribution in [0.2, 0.25) is 0 Å². The number of amidine groups is 1. The molecule has 0 aromatic carbocycles. The second kappa shape index (κ2) is 3.56. The number of hydrogen-bond donors (Lipinski definition) is 0. The van der Waals surface area contributed by atoms with Gasteiger partial charge in [-0.25, -0.2) is 0 Å². The van der Waals surface area contributed by atoms with Gasteiger partial charge in [0.1, 0.15) is 12.4 Å². The summed E-state index contributed by atoms with van der Waals surface area (Å²) in [6, 6.07) is 0. The molecule has 0 saturated carbocycles. The number of nitrogens with zero attached hydrogens (tertiary/aromatic N) is 8. The monoisotopic (exact) mass is 253 g/mol. The van der Waals surface area contributed by atoms with E-state index in [9.17, 15) is 0 Å². The Kier molecular flexibility index (Phi) is 1.89. The number of aliphatic imine (C=N–C) groups is 1. The van der Waals surface area contributed by atoms with Gasteiger partial charge in [-0.2, -0.15) is 9.67 Å². The fourth-order valence-electron chi connectivity index (χ4n) is 2.12. The van der Waals surface area contributed by atoms with Crippen LogP contribution in [0.25, 0.3) is 5.82 Å². The third-order valence-electron chi connectivity index (χ3n) is 2.98. The number of quaternary nitrogens is 1. The van der Waals surface area contributed by atoms with Crippen LogP contribution in [0.3, 0.4) is 0 Å². The van der Waals surface area contributed by atoms with Crippen molar-refractivity contribution in [2.24, 2.45) is 4.99 Å². The minimum absolute atomic E-state index is 0.242. The molecular formula is C11H9N8+. The normalized spacial score (nSPS) is 24.2. The number of allylic oxidation sites excluding steroid dienone is 2. The largest absolute Gasteiger partial charge is 0.266 e. The highest BCUT2D eigenvalue weighted by Crippen LogP contribution is 2.25. The molecule has 0 spiro atoms. The van der Waals surface area contributed by atoms with Crippen LogP contribution in [0.4, 0.5) is 0 Å². The van der Waals surface area contributed by atoms with Crippen molar-refractivity contribution in [2.75, 3.05) is 0 Å². The SMILES string of the molecule is C1=CC2=NC(n3ccnn3)=C[N+]2(n2ccnn2)C=C1. The fourth-order valence-corrected chi connectivity index (χ4v) is 2.12. The first-order chi connectivity index (χ1) is 9.38. The average molecular weight is 253 g/mol. The molecule has 4 rings (SSSR count). The van der Waals surface area contributed by atoms with Gasteiger partial charge in [0.15, 0.2) is 6.20 Å². The second-order valence-corrected chi connectivity index (χ2v) is 4.07. The molecule has 1 unspecified atom stereocenters. The van der Waals surface area contributed by atoms with Crippen molar-refractivity contribution in [3.63, 3.8) is 0 Å². The summed E-state index contributed by atoms with van der Waals surface area (Å²) < 4.78 is 1.86. The summed E-state index contributed by atoms with van der Waals surface area (Å²) in [5.74, 6) is 1.51. The van der Waals surface area contributed by atoms with Gasteiger partial charge >= 0.3 is 0 Å². The molecule has 0 saturated heterocycles. The zero-order valence-electron chi connectivity index (χ0n) is 9.77. The third kappa shape index (κ3) is 1.34. The average Bonchev–Trinajstić information content (AvgIpc) is 3.18. The molecule has 0 N–H and O–H groups in total. The van der Waals surface area contributed by atoms with Gasteiger partial charge in [0.25, 0.3) is 5.84 Å². The van der Waals surface area contributed by atoms with Gasteiger partial charge in [0, 0.05) is 6.08 Å². The smallest absolute Gasteiger partial charge is 0.197 e. The Hall–Kier alpha value is -2.87. The highest BCUT2D eigenvalue weighted by atomic mass is 15.8. The Morgan fingerprint density at radius 1 is 1.00 bits per heavy atom. The van der Waals surface area contributed by atoms with Crippen molar-refractivity contribution in [2.45, 2.75) is 0 Å². The van der Waals surface area contributed by atoms with E-state index >= 15 is 0 Å². The molecule has 8 nitrogen and oxygen atoms in total. The summed E-state index contributed by atoms with van der Waals surface area (Å²) in [5.41, 5.74) is 0. The van der Waals surface area contributed by atoms with Gasteiger partial charge in [-0.3, -0.25) is 0 Å². The molecular weight excluding hydrogens is 244 g/mol. The van der Waals surface area contributed by atoms with E-state index in [0.29, 0.717) is 5.82 Å². The minimum atomic E-state index is 0.242. The maximum Gasteiger partial charge on any atom is 0.266 e. The Labute approximate surface area is 107 Å². The summed E-state index contributed by atoms with van der Waals surface area (Å²) >= 11 is 0. The first-order valence-electron chi connectivity index (χ1n) is 5.69. The van der Waals surface area contributed by atoms with Gasteiger partial charge in [0.2, 0.25) is 5.82 Å². The summed E-state index contributed by atoms with van der Waals surface area (Å²) in [6.07, 6.45) is 16.5. The van der Waals surface area contributed by atoms with E-state index in [1.807, 2.05) is 30.6 Å². The zero-order chi connectivity index (χ0) is 12.7. The van der Waals surface area contributed by atoms with Crippen LogP contribution in [0.1, 0.15) is 0 Å². The quantitative estimate of drug-likeness (QED) is 0.719. The molecule has 0 amide bonds. The van der Waals surface area contributed by atoms with Crippen LogP contribution in [-0.4, -0.2) is 35.9 Å². The van der Waals surface area contributed by atoms with Gasteiger partial charge in [-0.15, -0.1) is 10.2 Å². The molecule has 2 aromatic rings. The molecule has 2 aliphatic rings. The van der Waals surface area contributed by atoms with E-state index in [1.165, 1.54) is 0 Å². The molecule has 0 aliphatic carbocycles. The zero-order valence-corrected chi connectivity index (χ0v) is 9.77. The van der Waals surface area contributed by atoms with Crippen LogP contribution in [0.5, 0.6) is 0 Å². The van der Waals surface area contributed by atoms with Gasteiger partial charge in [-0.1, -0.05) is 14.6 Å². The van der Waals surface area contributed by atoms with E-state index in [0.717, 1.165) is 5.84 Å². The predicted molar refractivity (Wildman–Crippen MR) is 67.6 cm³/mol. The summed E-state index contributed by atoms with van der Waals surface area (Å²) in [5, 5.41) is 15.7. The summed E-state index contributed by atoms with van der Waals surface area (Å²) in [6.45, 7) is 0. The van der Waals surface area contributed by atoms with Crippen molar-refractivity contribution >= 4 is 11.7 Å². The van der Waals surface area contributed by atoms with Gasteiger partial charge in [-0.05, 0) is 17.4 Å². The van der Waals surface area contributed by atoms with E-state index in [-0.39, 0.29) is 4.59 Å². The number of aromatic nitrogens is 6. The number of rotatable bonds is 2. The molecule has 0 bridgehead atoms. The van der Waals surface area contributed by atoms with Crippen molar-refractivity contribution in [3.05, 3.63) is 55.4 Å². The molecule has 0 fully saturated rings. The topological polar surface area (TPSA) is 73.8 Å². The van der Waals surface area contributed by atoms with Crippen LogP contribution < -0.4 is 4.59 Å². The minimum Gasteiger partial charge on any atom is -0.197 e. The van der Waals surface area contributed by atoms with Crippen LogP contribution in [0.15, 0.2) is 60.4 Å². The molecule has 8 heteroatoms. The highest BCUT2D eigenvalue weighted by molar-refractivity contribution is 6.05. The Bertz CT molecular complexity index is 719. The maximum absolute atomic E-state index is 4.56. The third-order valence-corrected chi connectivity index (χ3v) is 2.98. The molecule has 92 valence electrons. The summed E-state index contributed by atoms with van der Waals surface area (Å²) in [4.78, 5) is 6.28.